The number of allylic oxidation sites excluding steroid dienone is 1. The van der Waals surface area contributed by atoms with Crippen LogP contribution >= 0.6 is 0 Å². The summed E-state index contributed by atoms with van der Waals surface area (Å²) in [5.41, 5.74) is 3.70. The second-order valence-electron chi connectivity index (χ2n) is 7.40. The first-order valence-corrected chi connectivity index (χ1v) is 9.53. The van der Waals surface area contributed by atoms with Gasteiger partial charge in [0.25, 0.3) is 0 Å². The van der Waals surface area contributed by atoms with Gasteiger partial charge in [0.05, 0.1) is 6.04 Å². The Morgan fingerprint density at radius 3 is 2.31 bits per heavy atom. The van der Waals surface area contributed by atoms with E-state index >= 15 is 0 Å². The van der Waals surface area contributed by atoms with Crippen LogP contribution in [-0.2, 0) is 0 Å². The standard InChI is InChI=1S/C23H25FN2/c1-17(26-23(15-16-25-26)21-5-3-2-4-6-21)18-7-9-19(10-8-18)20-11-13-22(24)14-12-20/h2-6,11-14,16,18-19,23H,1,7-10,15H2. The van der Waals surface area contributed by atoms with Crippen molar-refractivity contribution in [2.45, 2.75) is 44.1 Å². The number of benzene rings is 2. The maximum atomic E-state index is 13.1. The van der Waals surface area contributed by atoms with Gasteiger partial charge in [0.1, 0.15) is 5.82 Å². The quantitative estimate of drug-likeness (QED) is 0.657. The normalized spacial score (nSPS) is 25.4. The van der Waals surface area contributed by atoms with Crippen molar-refractivity contribution in [3.05, 3.63) is 83.8 Å². The molecule has 0 spiro atoms. The number of hydrogen-bond donors (Lipinski definition) is 0. The van der Waals surface area contributed by atoms with Crippen LogP contribution in [0.3, 0.4) is 0 Å². The molecule has 1 aliphatic heterocycles. The summed E-state index contributed by atoms with van der Waals surface area (Å²) in [7, 11) is 0. The van der Waals surface area contributed by atoms with Crippen LogP contribution in [0.25, 0.3) is 0 Å². The van der Waals surface area contributed by atoms with E-state index in [-0.39, 0.29) is 11.9 Å². The van der Waals surface area contributed by atoms with Crippen LogP contribution in [0.15, 0.2) is 72.0 Å². The van der Waals surface area contributed by atoms with E-state index in [1.165, 1.54) is 11.1 Å². The van der Waals surface area contributed by atoms with Crippen LogP contribution in [0.1, 0.15) is 55.2 Å². The molecule has 2 aliphatic rings. The van der Waals surface area contributed by atoms with E-state index in [0.717, 1.165) is 37.8 Å². The molecule has 1 heterocycles. The fourth-order valence-electron chi connectivity index (χ4n) is 4.32. The first-order valence-electron chi connectivity index (χ1n) is 9.53. The maximum absolute atomic E-state index is 13.1. The van der Waals surface area contributed by atoms with Gasteiger partial charge in [-0.2, -0.15) is 5.10 Å². The summed E-state index contributed by atoms with van der Waals surface area (Å²) in [4.78, 5) is 0. The Balaban J connectivity index is 1.40. The Morgan fingerprint density at radius 1 is 0.923 bits per heavy atom. The number of hydrazone groups is 1. The summed E-state index contributed by atoms with van der Waals surface area (Å²) in [6.45, 7) is 4.41. The molecule has 0 radical (unpaired) electrons. The predicted octanol–water partition coefficient (Wildman–Crippen LogP) is 6.05. The van der Waals surface area contributed by atoms with E-state index in [4.69, 9.17) is 0 Å². The Bertz CT molecular complexity index is 774. The highest BCUT2D eigenvalue weighted by Crippen LogP contribution is 2.42. The third-order valence-corrected chi connectivity index (χ3v) is 5.85. The van der Waals surface area contributed by atoms with Crippen molar-refractivity contribution in [2.24, 2.45) is 11.0 Å². The lowest BCUT2D eigenvalue weighted by Gasteiger charge is -2.35. The summed E-state index contributed by atoms with van der Waals surface area (Å²) >= 11 is 0. The molecule has 2 aromatic rings. The zero-order valence-corrected chi connectivity index (χ0v) is 15.0. The summed E-state index contributed by atoms with van der Waals surface area (Å²) in [6, 6.07) is 17.9. The molecule has 2 nitrogen and oxygen atoms in total. The first kappa shape index (κ1) is 17.0. The minimum absolute atomic E-state index is 0.158. The van der Waals surface area contributed by atoms with E-state index in [1.54, 1.807) is 12.1 Å². The van der Waals surface area contributed by atoms with Gasteiger partial charge in [0.2, 0.25) is 0 Å². The fraction of sp³-hybridized carbons (Fsp3) is 0.348. The Morgan fingerprint density at radius 2 is 1.62 bits per heavy atom. The van der Waals surface area contributed by atoms with Crippen LogP contribution in [0.5, 0.6) is 0 Å². The lowest BCUT2D eigenvalue weighted by Crippen LogP contribution is -2.26. The highest BCUT2D eigenvalue weighted by Gasteiger charge is 2.31. The molecule has 134 valence electrons. The van der Waals surface area contributed by atoms with Gasteiger partial charge in [-0.05, 0) is 54.9 Å². The summed E-state index contributed by atoms with van der Waals surface area (Å²) in [5, 5.41) is 6.76. The summed E-state index contributed by atoms with van der Waals surface area (Å²) < 4.78 is 13.1. The molecule has 0 N–H and O–H groups in total. The van der Waals surface area contributed by atoms with Crippen molar-refractivity contribution in [1.82, 2.24) is 5.01 Å². The lowest BCUT2D eigenvalue weighted by atomic mass is 9.77. The molecule has 1 unspecified atom stereocenters. The molecule has 3 heteroatoms. The monoisotopic (exact) mass is 348 g/mol. The molecule has 26 heavy (non-hydrogen) atoms. The van der Waals surface area contributed by atoms with E-state index in [1.807, 2.05) is 18.3 Å². The van der Waals surface area contributed by atoms with E-state index in [9.17, 15) is 4.39 Å². The van der Waals surface area contributed by atoms with Crippen LogP contribution in [0, 0.1) is 11.7 Å². The first-order chi connectivity index (χ1) is 12.7. The van der Waals surface area contributed by atoms with E-state index in [0.29, 0.717) is 11.8 Å². The van der Waals surface area contributed by atoms with Gasteiger partial charge in [-0.15, -0.1) is 0 Å². The van der Waals surface area contributed by atoms with Gasteiger partial charge in [0, 0.05) is 24.3 Å². The third kappa shape index (κ3) is 3.44. The molecule has 1 aliphatic carbocycles. The molecule has 0 aromatic heterocycles. The van der Waals surface area contributed by atoms with Crippen LogP contribution in [-0.4, -0.2) is 11.2 Å². The van der Waals surface area contributed by atoms with Gasteiger partial charge in [-0.3, -0.25) is 5.01 Å². The van der Waals surface area contributed by atoms with Gasteiger partial charge < -0.3 is 0 Å². The molecule has 0 saturated heterocycles. The molecule has 1 atom stereocenters. The molecular weight excluding hydrogens is 323 g/mol. The zero-order chi connectivity index (χ0) is 17.9. The Labute approximate surface area is 155 Å². The molecular formula is C23H25FN2. The topological polar surface area (TPSA) is 15.6 Å². The van der Waals surface area contributed by atoms with Gasteiger partial charge in [-0.25, -0.2) is 4.39 Å². The number of nitrogens with zero attached hydrogens (tertiary/aromatic N) is 2. The van der Waals surface area contributed by atoms with Gasteiger partial charge >= 0.3 is 0 Å². The average molecular weight is 348 g/mol. The van der Waals surface area contributed by atoms with Crippen LogP contribution < -0.4 is 0 Å². The highest BCUT2D eigenvalue weighted by atomic mass is 19.1. The Hall–Kier alpha value is -2.42. The van der Waals surface area contributed by atoms with E-state index < -0.39 is 0 Å². The lowest BCUT2D eigenvalue weighted by molar-refractivity contribution is 0.232. The number of halogens is 1. The molecule has 1 fully saturated rings. The van der Waals surface area contributed by atoms with Gasteiger partial charge in [0.15, 0.2) is 0 Å². The van der Waals surface area contributed by atoms with Crippen LogP contribution in [0.2, 0.25) is 0 Å². The molecule has 0 amide bonds. The molecule has 1 saturated carbocycles. The summed E-state index contributed by atoms with van der Waals surface area (Å²) in [6.07, 6.45) is 7.44. The molecule has 4 rings (SSSR count). The Kier molecular flexibility index (Phi) is 4.87. The molecule has 2 aromatic carbocycles. The van der Waals surface area contributed by atoms with Crippen molar-refractivity contribution >= 4 is 6.21 Å². The van der Waals surface area contributed by atoms with Gasteiger partial charge in [-0.1, -0.05) is 49.0 Å². The minimum Gasteiger partial charge on any atom is -0.262 e. The second-order valence-corrected chi connectivity index (χ2v) is 7.40. The number of rotatable bonds is 4. The second kappa shape index (κ2) is 7.45. The summed E-state index contributed by atoms with van der Waals surface area (Å²) in [5.74, 6) is 0.856. The minimum atomic E-state index is -0.158. The maximum Gasteiger partial charge on any atom is 0.123 e. The van der Waals surface area contributed by atoms with Crippen molar-refractivity contribution in [3.63, 3.8) is 0 Å². The van der Waals surface area contributed by atoms with Crippen molar-refractivity contribution in [3.8, 4) is 0 Å². The van der Waals surface area contributed by atoms with Crippen molar-refractivity contribution in [2.75, 3.05) is 0 Å². The number of hydrogen-bond acceptors (Lipinski definition) is 2. The van der Waals surface area contributed by atoms with Crippen molar-refractivity contribution in [1.29, 1.82) is 0 Å². The largest absolute Gasteiger partial charge is 0.262 e. The van der Waals surface area contributed by atoms with Crippen molar-refractivity contribution < 1.29 is 4.39 Å². The average Bonchev–Trinajstić information content (AvgIpc) is 3.19. The zero-order valence-electron chi connectivity index (χ0n) is 15.0. The molecule has 0 bridgehead atoms. The predicted molar refractivity (Wildman–Crippen MR) is 104 cm³/mol. The highest BCUT2D eigenvalue weighted by molar-refractivity contribution is 5.61. The third-order valence-electron chi connectivity index (χ3n) is 5.85. The van der Waals surface area contributed by atoms with E-state index in [2.05, 4.69) is 47.0 Å². The smallest absolute Gasteiger partial charge is 0.123 e. The SMILES string of the molecule is C=C(C1CCC(c2ccc(F)cc2)CC1)N1N=CCC1c1ccccc1. The van der Waals surface area contributed by atoms with Crippen LogP contribution in [0.4, 0.5) is 4.39 Å². The fourth-order valence-corrected chi connectivity index (χ4v) is 4.32.